The van der Waals surface area contributed by atoms with Crippen molar-refractivity contribution in [3.63, 3.8) is 0 Å². The van der Waals surface area contributed by atoms with Crippen LogP contribution >= 0.6 is 15.9 Å². The summed E-state index contributed by atoms with van der Waals surface area (Å²) in [7, 11) is 3.85. The zero-order chi connectivity index (χ0) is 13.3. The summed E-state index contributed by atoms with van der Waals surface area (Å²) in [5.74, 6) is -0.669. The maximum atomic E-state index is 10.7. The summed E-state index contributed by atoms with van der Waals surface area (Å²) in [6.45, 7) is 0. The predicted octanol–water partition coefficient (Wildman–Crippen LogP) is 2.87. The van der Waals surface area contributed by atoms with Gasteiger partial charge in [-0.2, -0.15) is 0 Å². The minimum absolute atomic E-state index is 0.0979. The third kappa shape index (κ3) is 2.38. The molecule has 1 aromatic heterocycles. The van der Waals surface area contributed by atoms with E-state index in [4.69, 9.17) is 9.63 Å². The van der Waals surface area contributed by atoms with Gasteiger partial charge in [-0.25, -0.2) is 4.79 Å². The van der Waals surface area contributed by atoms with Gasteiger partial charge in [0.2, 0.25) is 0 Å². The monoisotopic (exact) mass is 310 g/mol. The first-order valence-electron chi connectivity index (χ1n) is 5.16. The summed E-state index contributed by atoms with van der Waals surface area (Å²) in [5.41, 5.74) is 1.65. The Morgan fingerprint density at radius 1 is 1.39 bits per heavy atom. The molecule has 18 heavy (non-hydrogen) atoms. The highest BCUT2D eigenvalue weighted by Gasteiger charge is 2.13. The van der Waals surface area contributed by atoms with E-state index in [2.05, 4.69) is 21.1 Å². The Morgan fingerprint density at radius 2 is 2.11 bits per heavy atom. The number of hydrogen-bond acceptors (Lipinski definition) is 4. The van der Waals surface area contributed by atoms with Gasteiger partial charge in [-0.1, -0.05) is 5.16 Å². The third-order valence-corrected chi connectivity index (χ3v) is 3.11. The molecule has 0 amide bonds. The van der Waals surface area contributed by atoms with Crippen LogP contribution in [-0.4, -0.2) is 30.3 Å². The van der Waals surface area contributed by atoms with Crippen molar-refractivity contribution < 1.29 is 14.4 Å². The number of aromatic carboxylic acids is 1. The van der Waals surface area contributed by atoms with Gasteiger partial charge in [-0.05, 0) is 34.1 Å². The number of carboxylic acid groups (broad SMARTS) is 1. The van der Waals surface area contributed by atoms with Crippen LogP contribution in [0.25, 0.3) is 11.3 Å². The lowest BCUT2D eigenvalue weighted by molar-refractivity contribution is 0.0686. The highest BCUT2D eigenvalue weighted by atomic mass is 79.9. The molecule has 1 aromatic carbocycles. The van der Waals surface area contributed by atoms with E-state index in [0.29, 0.717) is 5.76 Å². The van der Waals surface area contributed by atoms with E-state index >= 15 is 0 Å². The minimum atomic E-state index is -1.10. The molecule has 0 atom stereocenters. The largest absolute Gasteiger partial charge is 0.476 e. The number of benzene rings is 1. The van der Waals surface area contributed by atoms with Gasteiger partial charge < -0.3 is 14.5 Å². The van der Waals surface area contributed by atoms with E-state index in [1.54, 1.807) is 0 Å². The Kier molecular flexibility index (Phi) is 3.38. The van der Waals surface area contributed by atoms with Crippen molar-refractivity contribution in [3.05, 3.63) is 34.4 Å². The second-order valence-electron chi connectivity index (χ2n) is 3.94. The number of anilines is 1. The molecule has 0 saturated heterocycles. The first-order chi connectivity index (χ1) is 8.49. The molecule has 6 heteroatoms. The maximum Gasteiger partial charge on any atom is 0.358 e. The second-order valence-corrected chi connectivity index (χ2v) is 4.80. The normalized spacial score (nSPS) is 10.4. The summed E-state index contributed by atoms with van der Waals surface area (Å²) in [4.78, 5) is 12.7. The van der Waals surface area contributed by atoms with E-state index in [0.717, 1.165) is 15.7 Å². The van der Waals surface area contributed by atoms with Crippen molar-refractivity contribution in [2.24, 2.45) is 0 Å². The van der Waals surface area contributed by atoms with Gasteiger partial charge >= 0.3 is 5.97 Å². The average Bonchev–Trinajstić information content (AvgIpc) is 2.78. The summed E-state index contributed by atoms with van der Waals surface area (Å²) < 4.78 is 5.97. The van der Waals surface area contributed by atoms with Gasteiger partial charge in [0.25, 0.3) is 0 Å². The Labute approximate surface area is 112 Å². The number of hydrogen-bond donors (Lipinski definition) is 1. The molecule has 0 radical (unpaired) electrons. The number of carboxylic acids is 1. The molecule has 0 unspecified atom stereocenters. The van der Waals surface area contributed by atoms with Crippen LogP contribution in [0.5, 0.6) is 0 Å². The standard InChI is InChI=1S/C12H11BrN2O3/c1-15(2)10-5-7(3-4-8(10)13)11-6-9(12(16)17)14-18-11/h3-6H,1-2H3,(H,16,17). The summed E-state index contributed by atoms with van der Waals surface area (Å²) in [6.07, 6.45) is 0. The number of carbonyl (C=O) groups is 1. The van der Waals surface area contributed by atoms with E-state index in [1.165, 1.54) is 6.07 Å². The molecule has 0 fully saturated rings. The zero-order valence-corrected chi connectivity index (χ0v) is 11.4. The summed E-state index contributed by atoms with van der Waals surface area (Å²) >= 11 is 3.45. The topological polar surface area (TPSA) is 66.6 Å². The molecule has 1 heterocycles. The predicted molar refractivity (Wildman–Crippen MR) is 70.9 cm³/mol. The van der Waals surface area contributed by atoms with Gasteiger partial charge in [0.15, 0.2) is 11.5 Å². The van der Waals surface area contributed by atoms with E-state index < -0.39 is 5.97 Å². The number of halogens is 1. The zero-order valence-electron chi connectivity index (χ0n) is 9.85. The van der Waals surface area contributed by atoms with Gasteiger partial charge in [-0.15, -0.1) is 0 Å². The smallest absolute Gasteiger partial charge is 0.358 e. The molecule has 2 rings (SSSR count). The average molecular weight is 311 g/mol. The first-order valence-corrected chi connectivity index (χ1v) is 5.95. The molecule has 0 spiro atoms. The van der Waals surface area contributed by atoms with Crippen LogP contribution in [-0.2, 0) is 0 Å². The highest BCUT2D eigenvalue weighted by Crippen LogP contribution is 2.30. The highest BCUT2D eigenvalue weighted by molar-refractivity contribution is 9.10. The molecule has 0 aliphatic heterocycles. The third-order valence-electron chi connectivity index (χ3n) is 2.44. The molecular formula is C12H11BrN2O3. The van der Waals surface area contributed by atoms with Crippen molar-refractivity contribution in [2.45, 2.75) is 0 Å². The molecule has 94 valence electrons. The van der Waals surface area contributed by atoms with Gasteiger partial charge in [0, 0.05) is 30.2 Å². The molecule has 5 nitrogen and oxygen atoms in total. The molecule has 0 aliphatic rings. The van der Waals surface area contributed by atoms with Crippen LogP contribution in [0.3, 0.4) is 0 Å². The van der Waals surface area contributed by atoms with Crippen LogP contribution in [0.1, 0.15) is 10.5 Å². The molecule has 0 bridgehead atoms. The lowest BCUT2D eigenvalue weighted by atomic mass is 10.1. The first kappa shape index (κ1) is 12.6. The van der Waals surface area contributed by atoms with Crippen LogP contribution in [0.15, 0.2) is 33.3 Å². The number of nitrogens with zero attached hydrogens (tertiary/aromatic N) is 2. The fourth-order valence-electron chi connectivity index (χ4n) is 1.52. The Hall–Kier alpha value is -1.82. The molecule has 0 aliphatic carbocycles. The quantitative estimate of drug-likeness (QED) is 0.944. The minimum Gasteiger partial charge on any atom is -0.476 e. The van der Waals surface area contributed by atoms with E-state index in [9.17, 15) is 4.79 Å². The molecule has 2 aromatic rings. The molecule has 0 saturated carbocycles. The fourth-order valence-corrected chi connectivity index (χ4v) is 2.12. The Bertz CT molecular complexity index is 593. The van der Waals surface area contributed by atoms with Crippen molar-refractivity contribution in [3.8, 4) is 11.3 Å². The number of aromatic nitrogens is 1. The lowest BCUT2D eigenvalue weighted by Gasteiger charge is -2.15. The van der Waals surface area contributed by atoms with Crippen molar-refractivity contribution >= 4 is 27.6 Å². The second kappa shape index (κ2) is 4.81. The van der Waals surface area contributed by atoms with Gasteiger partial charge in [-0.3, -0.25) is 0 Å². The molecule has 1 N–H and O–H groups in total. The SMILES string of the molecule is CN(C)c1cc(-c2cc(C(=O)O)no2)ccc1Br. The van der Waals surface area contributed by atoms with Crippen molar-refractivity contribution in [1.29, 1.82) is 0 Å². The Balaban J connectivity index is 2.44. The summed E-state index contributed by atoms with van der Waals surface area (Å²) in [5, 5.41) is 12.3. The van der Waals surface area contributed by atoms with Crippen LogP contribution in [0.2, 0.25) is 0 Å². The van der Waals surface area contributed by atoms with E-state index in [-0.39, 0.29) is 5.69 Å². The lowest BCUT2D eigenvalue weighted by Crippen LogP contribution is -2.09. The van der Waals surface area contributed by atoms with Crippen LogP contribution < -0.4 is 4.90 Å². The summed E-state index contributed by atoms with van der Waals surface area (Å²) in [6, 6.07) is 7.03. The van der Waals surface area contributed by atoms with Crippen LogP contribution in [0, 0.1) is 0 Å². The maximum absolute atomic E-state index is 10.7. The Morgan fingerprint density at radius 3 is 2.67 bits per heavy atom. The van der Waals surface area contributed by atoms with Crippen molar-refractivity contribution in [1.82, 2.24) is 5.16 Å². The number of rotatable bonds is 3. The molecular weight excluding hydrogens is 300 g/mol. The van der Waals surface area contributed by atoms with Crippen LogP contribution in [0.4, 0.5) is 5.69 Å². The van der Waals surface area contributed by atoms with E-state index in [1.807, 2.05) is 37.2 Å². The van der Waals surface area contributed by atoms with Gasteiger partial charge in [0.1, 0.15) is 0 Å². The van der Waals surface area contributed by atoms with Gasteiger partial charge in [0.05, 0.1) is 5.69 Å². The van der Waals surface area contributed by atoms with Crippen molar-refractivity contribution in [2.75, 3.05) is 19.0 Å². The fraction of sp³-hybridized carbons (Fsp3) is 0.167.